The number of hydrogen-bond donors (Lipinski definition) is 1. The summed E-state index contributed by atoms with van der Waals surface area (Å²) in [6.45, 7) is 3.18. The second kappa shape index (κ2) is 4.33. The summed E-state index contributed by atoms with van der Waals surface area (Å²) in [7, 11) is 0. The summed E-state index contributed by atoms with van der Waals surface area (Å²) < 4.78 is 37.5. The summed E-state index contributed by atoms with van der Waals surface area (Å²) in [5.41, 5.74) is 0.665. The van der Waals surface area contributed by atoms with E-state index in [0.29, 0.717) is 12.2 Å². The maximum absolute atomic E-state index is 12.5. The highest BCUT2D eigenvalue weighted by molar-refractivity contribution is 7.11. The molecule has 0 atom stereocenters. The van der Waals surface area contributed by atoms with Crippen LogP contribution >= 0.6 is 11.3 Å². The Morgan fingerprint density at radius 2 is 2.12 bits per heavy atom. The molecule has 2 nitrogen and oxygen atoms in total. The lowest BCUT2D eigenvalue weighted by Crippen LogP contribution is -2.11. The van der Waals surface area contributed by atoms with E-state index in [2.05, 4.69) is 10.3 Å². The molecular formula is C10H13F3N2S. The first-order chi connectivity index (χ1) is 7.52. The van der Waals surface area contributed by atoms with Crippen LogP contribution in [-0.4, -0.2) is 11.5 Å². The molecule has 1 aliphatic carbocycles. The van der Waals surface area contributed by atoms with E-state index in [1.807, 2.05) is 6.92 Å². The predicted molar refractivity (Wildman–Crippen MR) is 56.5 cm³/mol. The first-order valence-corrected chi connectivity index (χ1v) is 6.11. The van der Waals surface area contributed by atoms with Crippen molar-refractivity contribution >= 4 is 11.3 Å². The van der Waals surface area contributed by atoms with Gasteiger partial charge in [0.2, 0.25) is 0 Å². The average molecular weight is 250 g/mol. The van der Waals surface area contributed by atoms with E-state index < -0.39 is 11.2 Å². The molecule has 0 aliphatic heterocycles. The van der Waals surface area contributed by atoms with Gasteiger partial charge >= 0.3 is 6.18 Å². The van der Waals surface area contributed by atoms with Crippen molar-refractivity contribution < 1.29 is 13.2 Å². The molecule has 16 heavy (non-hydrogen) atoms. The zero-order valence-corrected chi connectivity index (χ0v) is 9.71. The van der Waals surface area contributed by atoms with Crippen molar-refractivity contribution in [2.24, 2.45) is 0 Å². The number of alkyl halides is 3. The topological polar surface area (TPSA) is 24.9 Å². The number of halogens is 3. The highest BCUT2D eigenvalue weighted by Gasteiger charge is 2.38. The molecule has 1 saturated carbocycles. The van der Waals surface area contributed by atoms with Crippen molar-refractivity contribution in [3.8, 4) is 0 Å². The maximum Gasteiger partial charge on any atom is 0.443 e. The number of thiazole rings is 1. The Morgan fingerprint density at radius 3 is 2.62 bits per heavy atom. The average Bonchev–Trinajstić information content (AvgIpc) is 2.94. The highest BCUT2D eigenvalue weighted by Crippen LogP contribution is 2.45. The summed E-state index contributed by atoms with van der Waals surface area (Å²) in [6.07, 6.45) is -2.36. The van der Waals surface area contributed by atoms with Crippen LogP contribution in [-0.2, 0) is 12.7 Å². The van der Waals surface area contributed by atoms with Gasteiger partial charge in [-0.05, 0) is 19.4 Å². The fraction of sp³-hybridized carbons (Fsp3) is 0.700. The van der Waals surface area contributed by atoms with Crippen LogP contribution in [0.3, 0.4) is 0 Å². The van der Waals surface area contributed by atoms with Crippen molar-refractivity contribution in [2.45, 2.75) is 38.4 Å². The largest absolute Gasteiger partial charge is 0.443 e. The fourth-order valence-corrected chi connectivity index (χ4v) is 2.51. The van der Waals surface area contributed by atoms with Crippen molar-refractivity contribution in [1.29, 1.82) is 0 Å². The summed E-state index contributed by atoms with van der Waals surface area (Å²) in [6, 6.07) is 0. The fourth-order valence-electron chi connectivity index (χ4n) is 1.53. The van der Waals surface area contributed by atoms with Gasteiger partial charge in [0, 0.05) is 17.3 Å². The van der Waals surface area contributed by atoms with Crippen LogP contribution < -0.4 is 5.32 Å². The molecular weight excluding hydrogens is 237 g/mol. The second-order valence-electron chi connectivity index (χ2n) is 3.88. The van der Waals surface area contributed by atoms with E-state index >= 15 is 0 Å². The summed E-state index contributed by atoms with van der Waals surface area (Å²) >= 11 is 0.776. The highest BCUT2D eigenvalue weighted by atomic mass is 32.1. The lowest BCUT2D eigenvalue weighted by Gasteiger charge is -2.00. The van der Waals surface area contributed by atoms with E-state index in [4.69, 9.17) is 0 Å². The molecule has 90 valence electrons. The first kappa shape index (κ1) is 11.9. The summed E-state index contributed by atoms with van der Waals surface area (Å²) in [5.74, 6) is 0.265. The van der Waals surface area contributed by atoms with Crippen LogP contribution in [0.15, 0.2) is 0 Å². The monoisotopic (exact) mass is 250 g/mol. The van der Waals surface area contributed by atoms with E-state index in [0.717, 1.165) is 35.6 Å². The number of rotatable bonds is 4. The van der Waals surface area contributed by atoms with Crippen LogP contribution in [0.5, 0.6) is 0 Å². The minimum absolute atomic E-state index is 0.265. The molecule has 0 unspecified atom stereocenters. The lowest BCUT2D eigenvalue weighted by molar-refractivity contribution is -0.137. The number of hydrogen-bond acceptors (Lipinski definition) is 3. The molecule has 6 heteroatoms. The molecule has 0 bridgehead atoms. The SMILES string of the molecule is CCNCc1sc(C(F)(F)F)nc1C1CC1. The third-order valence-electron chi connectivity index (χ3n) is 2.47. The van der Waals surface area contributed by atoms with Crippen molar-refractivity contribution in [3.05, 3.63) is 15.6 Å². The van der Waals surface area contributed by atoms with Gasteiger partial charge in [-0.3, -0.25) is 0 Å². The molecule has 0 saturated heterocycles. The molecule has 1 heterocycles. The minimum atomic E-state index is -4.31. The van der Waals surface area contributed by atoms with Crippen LogP contribution in [0.1, 0.15) is 41.3 Å². The smallest absolute Gasteiger partial charge is 0.312 e. The van der Waals surface area contributed by atoms with Gasteiger partial charge in [-0.15, -0.1) is 11.3 Å². The molecule has 1 aromatic heterocycles. The molecule has 0 amide bonds. The van der Waals surface area contributed by atoms with Crippen LogP contribution in [0, 0.1) is 0 Å². The Kier molecular flexibility index (Phi) is 3.21. The third-order valence-corrected chi connectivity index (χ3v) is 3.59. The van der Waals surface area contributed by atoms with Crippen molar-refractivity contribution in [2.75, 3.05) is 6.54 Å². The second-order valence-corrected chi connectivity index (χ2v) is 4.96. The normalized spacial score (nSPS) is 16.8. The Morgan fingerprint density at radius 1 is 1.44 bits per heavy atom. The number of nitrogens with zero attached hydrogens (tertiary/aromatic N) is 1. The summed E-state index contributed by atoms with van der Waals surface area (Å²) in [4.78, 5) is 4.50. The van der Waals surface area contributed by atoms with E-state index in [-0.39, 0.29) is 5.92 Å². The number of nitrogens with one attached hydrogen (secondary N) is 1. The van der Waals surface area contributed by atoms with Crippen molar-refractivity contribution in [3.63, 3.8) is 0 Å². The van der Waals surface area contributed by atoms with Gasteiger partial charge in [-0.2, -0.15) is 13.2 Å². The Hall–Kier alpha value is -0.620. The van der Waals surface area contributed by atoms with Crippen molar-refractivity contribution in [1.82, 2.24) is 10.3 Å². The summed E-state index contributed by atoms with van der Waals surface area (Å²) in [5, 5.41) is 2.35. The van der Waals surface area contributed by atoms with E-state index in [1.165, 1.54) is 0 Å². The standard InChI is InChI=1S/C10H13F3N2S/c1-2-14-5-7-8(6-3-4-6)15-9(16-7)10(11,12)13/h6,14H,2-5H2,1H3. The first-order valence-electron chi connectivity index (χ1n) is 5.30. The molecule has 0 radical (unpaired) electrons. The predicted octanol–water partition coefficient (Wildman–Crippen LogP) is 3.15. The quantitative estimate of drug-likeness (QED) is 0.888. The molecule has 1 aliphatic rings. The molecule has 1 fully saturated rings. The number of aromatic nitrogens is 1. The van der Waals surface area contributed by atoms with Crippen LogP contribution in [0.2, 0.25) is 0 Å². The van der Waals surface area contributed by atoms with Gasteiger partial charge in [-0.25, -0.2) is 4.98 Å². The van der Waals surface area contributed by atoms with Gasteiger partial charge in [0.25, 0.3) is 0 Å². The van der Waals surface area contributed by atoms with Gasteiger partial charge < -0.3 is 5.32 Å². The molecule has 1 N–H and O–H groups in total. The Labute approximate surface area is 95.9 Å². The minimum Gasteiger partial charge on any atom is -0.312 e. The lowest BCUT2D eigenvalue weighted by atomic mass is 10.2. The third kappa shape index (κ3) is 2.55. The Balaban J connectivity index is 2.23. The zero-order chi connectivity index (χ0) is 11.8. The molecule has 1 aromatic rings. The Bertz CT molecular complexity index is 369. The zero-order valence-electron chi connectivity index (χ0n) is 8.90. The van der Waals surface area contributed by atoms with Crippen LogP contribution in [0.25, 0.3) is 0 Å². The van der Waals surface area contributed by atoms with Gasteiger partial charge in [0.05, 0.1) is 5.69 Å². The van der Waals surface area contributed by atoms with Gasteiger partial charge in [-0.1, -0.05) is 6.92 Å². The van der Waals surface area contributed by atoms with Gasteiger partial charge in [0.15, 0.2) is 5.01 Å². The van der Waals surface area contributed by atoms with Crippen LogP contribution in [0.4, 0.5) is 13.2 Å². The van der Waals surface area contributed by atoms with E-state index in [1.54, 1.807) is 0 Å². The van der Waals surface area contributed by atoms with E-state index in [9.17, 15) is 13.2 Å². The maximum atomic E-state index is 12.5. The molecule has 0 spiro atoms. The molecule has 0 aromatic carbocycles. The molecule has 2 rings (SSSR count). The van der Waals surface area contributed by atoms with Gasteiger partial charge in [0.1, 0.15) is 0 Å².